The lowest BCUT2D eigenvalue weighted by molar-refractivity contribution is -0.149. The number of para-hydroxylation sites is 1. The average molecular weight is 359 g/mol. The minimum atomic E-state index is -0.690. The molecule has 2 heterocycles. The van der Waals surface area contributed by atoms with Crippen LogP contribution in [0.3, 0.4) is 0 Å². The summed E-state index contributed by atoms with van der Waals surface area (Å²) in [5, 5.41) is 2.23. The van der Waals surface area contributed by atoms with Crippen molar-refractivity contribution >= 4 is 28.2 Å². The van der Waals surface area contributed by atoms with Gasteiger partial charge in [-0.25, -0.2) is 4.98 Å². The lowest BCUT2D eigenvalue weighted by Gasteiger charge is -2.13. The van der Waals surface area contributed by atoms with E-state index in [0.29, 0.717) is 16.7 Å². The van der Waals surface area contributed by atoms with Crippen LogP contribution < -0.4 is 10.4 Å². The number of carbonyl (C=O) groups is 1. The van der Waals surface area contributed by atoms with E-state index in [1.807, 2.05) is 6.92 Å². The maximum Gasteiger partial charge on any atom is 0.308 e. The Morgan fingerprint density at radius 2 is 2.12 bits per heavy atom. The predicted molar refractivity (Wildman–Crippen MR) is 94.8 cm³/mol. The Morgan fingerprint density at radius 3 is 2.84 bits per heavy atom. The Morgan fingerprint density at radius 1 is 1.36 bits per heavy atom. The van der Waals surface area contributed by atoms with Crippen molar-refractivity contribution in [1.29, 1.82) is 0 Å². The predicted octanol–water partition coefficient (Wildman–Crippen LogP) is 2.15. The van der Waals surface area contributed by atoms with E-state index < -0.39 is 12.1 Å². The number of nitrogens with zero attached hydrogens (tertiary/aromatic N) is 2. The first-order valence-electron chi connectivity index (χ1n) is 7.79. The summed E-state index contributed by atoms with van der Waals surface area (Å²) >= 11 is 1.10. The number of hydrogen-bond acceptors (Lipinski definition) is 6. The highest BCUT2D eigenvalue weighted by atomic mass is 32.1. The van der Waals surface area contributed by atoms with E-state index >= 15 is 0 Å². The van der Waals surface area contributed by atoms with E-state index in [9.17, 15) is 14.4 Å². The second-order valence-electron chi connectivity index (χ2n) is 5.65. The van der Waals surface area contributed by atoms with Crippen LogP contribution in [0.15, 0.2) is 39.2 Å². The number of fused-ring (bicyclic) bond motifs is 1. The Balaban J connectivity index is 1.69. The van der Waals surface area contributed by atoms with Gasteiger partial charge in [-0.2, -0.15) is 0 Å². The highest BCUT2D eigenvalue weighted by Gasteiger charge is 2.16. The molecule has 130 valence electrons. The second-order valence-corrected chi connectivity index (χ2v) is 6.47. The van der Waals surface area contributed by atoms with Gasteiger partial charge < -0.3 is 14.3 Å². The van der Waals surface area contributed by atoms with Gasteiger partial charge in [0.25, 0.3) is 5.56 Å². The largest absolute Gasteiger partial charge is 0.454 e. The van der Waals surface area contributed by atoms with E-state index in [-0.39, 0.29) is 23.4 Å². The number of hydrogen-bond donors (Lipinski definition) is 1. The molecule has 3 aromatic rings. The van der Waals surface area contributed by atoms with Gasteiger partial charge in [-0.3, -0.25) is 14.4 Å². The molecule has 2 aromatic heterocycles. The van der Waals surface area contributed by atoms with Crippen molar-refractivity contribution in [2.24, 2.45) is 0 Å². The van der Waals surface area contributed by atoms with Crippen molar-refractivity contribution in [3.8, 4) is 0 Å². The molecule has 0 bridgehead atoms. The lowest BCUT2D eigenvalue weighted by Crippen LogP contribution is -2.20. The average Bonchev–Trinajstić information content (AvgIpc) is 2.91. The molecule has 3 rings (SSSR count). The van der Waals surface area contributed by atoms with Gasteiger partial charge >= 0.3 is 10.8 Å². The third-order valence-corrected chi connectivity index (χ3v) is 4.72. The number of thiazole rings is 1. The van der Waals surface area contributed by atoms with Gasteiger partial charge in [-0.15, -0.1) is 0 Å². The van der Waals surface area contributed by atoms with Crippen molar-refractivity contribution in [1.82, 2.24) is 14.5 Å². The molecule has 0 spiro atoms. The molecule has 0 saturated carbocycles. The highest BCUT2D eigenvalue weighted by Crippen LogP contribution is 2.15. The van der Waals surface area contributed by atoms with Crippen LogP contribution in [0.2, 0.25) is 0 Å². The number of esters is 1. The second kappa shape index (κ2) is 7.02. The Hall–Kier alpha value is -2.74. The minimum Gasteiger partial charge on any atom is -0.454 e. The normalized spacial score (nSPS) is 12.2. The van der Waals surface area contributed by atoms with Crippen molar-refractivity contribution in [2.45, 2.75) is 32.9 Å². The van der Waals surface area contributed by atoms with Crippen LogP contribution in [0, 0.1) is 6.92 Å². The third kappa shape index (κ3) is 3.69. The smallest absolute Gasteiger partial charge is 0.308 e. The molecular weight excluding hydrogens is 342 g/mol. The van der Waals surface area contributed by atoms with Crippen LogP contribution in [0.4, 0.5) is 0 Å². The van der Waals surface area contributed by atoms with Gasteiger partial charge in [0.1, 0.15) is 0 Å². The summed E-state index contributed by atoms with van der Waals surface area (Å²) in [7, 11) is 0. The summed E-state index contributed by atoms with van der Waals surface area (Å²) < 4.78 is 6.87. The van der Waals surface area contributed by atoms with Gasteiger partial charge in [0.05, 0.1) is 17.3 Å². The molecule has 7 nitrogen and oxygen atoms in total. The number of nitrogens with one attached hydrogen (secondary N) is 1. The van der Waals surface area contributed by atoms with Crippen molar-refractivity contribution in [3.63, 3.8) is 0 Å². The van der Waals surface area contributed by atoms with Gasteiger partial charge in [0, 0.05) is 17.6 Å². The van der Waals surface area contributed by atoms with Crippen molar-refractivity contribution in [2.75, 3.05) is 0 Å². The number of benzene rings is 1. The molecule has 0 aliphatic rings. The van der Waals surface area contributed by atoms with Crippen LogP contribution >= 0.6 is 11.3 Å². The first-order valence-corrected chi connectivity index (χ1v) is 8.67. The topological polar surface area (TPSA) is 94.0 Å². The summed E-state index contributed by atoms with van der Waals surface area (Å²) in [6, 6.07) is 6.96. The third-order valence-electron chi connectivity index (χ3n) is 3.84. The molecule has 25 heavy (non-hydrogen) atoms. The summed E-state index contributed by atoms with van der Waals surface area (Å²) in [6.07, 6.45) is -0.621. The van der Waals surface area contributed by atoms with E-state index in [2.05, 4.69) is 9.97 Å². The van der Waals surface area contributed by atoms with Crippen molar-refractivity contribution < 1.29 is 9.53 Å². The van der Waals surface area contributed by atoms with Gasteiger partial charge in [-0.1, -0.05) is 23.5 Å². The lowest BCUT2D eigenvalue weighted by atomic mass is 10.2. The molecule has 0 amide bonds. The molecule has 1 unspecified atom stereocenters. The standard InChI is InChI=1S/C17H17N3O4S/c1-10-9-25-17(23)20(10)8-7-14(21)24-11(2)15-18-13-6-4-3-5-12(13)16(22)19-15/h3-6,9,11H,7-8H2,1-2H3,(H,18,19,22). The van der Waals surface area contributed by atoms with Crippen molar-refractivity contribution in [3.05, 3.63) is 61.2 Å². The number of H-pyrrole nitrogens is 1. The molecule has 1 atom stereocenters. The Kier molecular flexibility index (Phi) is 4.80. The number of aromatic nitrogens is 3. The first-order chi connectivity index (χ1) is 12.0. The SMILES string of the molecule is Cc1csc(=O)n1CCC(=O)OC(C)c1nc2ccccc2c(=O)[nH]1. The molecule has 0 aliphatic carbocycles. The molecule has 8 heteroatoms. The van der Waals surface area contributed by atoms with Crippen LogP contribution in [0.5, 0.6) is 0 Å². The Bertz CT molecular complexity index is 1030. The van der Waals surface area contributed by atoms with Crippen LogP contribution in [0.25, 0.3) is 10.9 Å². The summed E-state index contributed by atoms with van der Waals surface area (Å²) in [6.45, 7) is 3.73. The van der Waals surface area contributed by atoms with E-state index in [4.69, 9.17) is 4.74 Å². The summed E-state index contributed by atoms with van der Waals surface area (Å²) in [5.41, 5.74) is 1.09. The fraction of sp³-hybridized carbons (Fsp3) is 0.294. The number of carbonyl (C=O) groups excluding carboxylic acids is 1. The summed E-state index contributed by atoms with van der Waals surface area (Å²) in [4.78, 5) is 42.6. The van der Waals surface area contributed by atoms with Crippen LogP contribution in [-0.4, -0.2) is 20.5 Å². The molecule has 0 saturated heterocycles. The van der Waals surface area contributed by atoms with E-state index in [0.717, 1.165) is 17.0 Å². The molecule has 0 radical (unpaired) electrons. The summed E-state index contributed by atoms with van der Waals surface area (Å²) in [5.74, 6) is -0.165. The van der Waals surface area contributed by atoms with E-state index in [1.165, 1.54) is 4.57 Å². The van der Waals surface area contributed by atoms with Crippen LogP contribution in [0.1, 0.15) is 31.0 Å². The number of aryl methyl sites for hydroxylation is 1. The Labute approximate surface area is 146 Å². The minimum absolute atomic E-state index is 0.0691. The zero-order valence-corrected chi connectivity index (χ0v) is 14.6. The molecule has 1 N–H and O–H groups in total. The monoisotopic (exact) mass is 359 g/mol. The zero-order valence-electron chi connectivity index (χ0n) is 13.8. The van der Waals surface area contributed by atoms with E-state index in [1.54, 1.807) is 36.6 Å². The quantitative estimate of drug-likeness (QED) is 0.705. The van der Waals surface area contributed by atoms with Gasteiger partial charge in [-0.05, 0) is 26.0 Å². The molecular formula is C17H17N3O4S. The first kappa shape index (κ1) is 17.1. The fourth-order valence-electron chi connectivity index (χ4n) is 2.49. The molecule has 0 fully saturated rings. The number of rotatable bonds is 5. The fourth-order valence-corrected chi connectivity index (χ4v) is 3.25. The van der Waals surface area contributed by atoms with Gasteiger partial charge in [0.2, 0.25) is 0 Å². The van der Waals surface area contributed by atoms with Crippen LogP contribution in [-0.2, 0) is 16.1 Å². The molecule has 1 aromatic carbocycles. The zero-order chi connectivity index (χ0) is 18.0. The van der Waals surface area contributed by atoms with Gasteiger partial charge in [0.15, 0.2) is 11.9 Å². The number of ether oxygens (including phenoxy) is 1. The molecule has 0 aliphatic heterocycles. The maximum absolute atomic E-state index is 12.1. The number of aromatic amines is 1. The highest BCUT2D eigenvalue weighted by molar-refractivity contribution is 7.07. The maximum atomic E-state index is 12.1.